The maximum atomic E-state index is 11.8. The summed E-state index contributed by atoms with van der Waals surface area (Å²) in [5.41, 5.74) is 0.781. The maximum Gasteiger partial charge on any atom is 0.343 e. The Morgan fingerprint density at radius 3 is 2.31 bits per heavy atom. The summed E-state index contributed by atoms with van der Waals surface area (Å²) in [6, 6.07) is 7.22. The third-order valence-corrected chi connectivity index (χ3v) is 2.93. The van der Waals surface area contributed by atoms with Crippen molar-refractivity contribution in [3.8, 4) is 0 Å². The smallest absolute Gasteiger partial charge is 0.343 e. The molecule has 0 aliphatic carbocycles. The van der Waals surface area contributed by atoms with Crippen molar-refractivity contribution in [2.75, 3.05) is 0 Å². The minimum absolute atomic E-state index is 0. The summed E-state index contributed by atoms with van der Waals surface area (Å²) in [4.78, 5) is 12.0. The Kier molecular flexibility index (Phi) is 5.18. The first kappa shape index (κ1) is 12.9. The number of rotatable bonds is 3. The first-order valence-electron chi connectivity index (χ1n) is 4.41. The fourth-order valence-electron chi connectivity index (χ4n) is 1.09. The molecule has 1 atom stereocenters. The lowest BCUT2D eigenvalue weighted by atomic mass is 10.4. The highest BCUT2D eigenvalue weighted by molar-refractivity contribution is 7.90. The highest BCUT2D eigenvalue weighted by atomic mass is 35.5. The van der Waals surface area contributed by atoms with Crippen LogP contribution < -0.4 is 0 Å². The van der Waals surface area contributed by atoms with Gasteiger partial charge in [0.2, 0.25) is 0 Å². The summed E-state index contributed by atoms with van der Waals surface area (Å²) in [7, 11) is 0. The van der Waals surface area contributed by atoms with Crippen molar-refractivity contribution in [2.24, 2.45) is 0 Å². The van der Waals surface area contributed by atoms with E-state index in [0.29, 0.717) is 10.9 Å². The Labute approximate surface area is 103 Å². The Hall–Kier alpha value is -1.17. The number of aromatic nitrogens is 3. The van der Waals surface area contributed by atoms with Crippen molar-refractivity contribution in [2.45, 2.75) is 10.9 Å². The summed E-state index contributed by atoms with van der Waals surface area (Å²) in [5, 5.41) is 0.350. The van der Waals surface area contributed by atoms with Crippen LogP contribution in [0.2, 0.25) is 0 Å². The molecule has 0 fully saturated rings. The van der Waals surface area contributed by atoms with Gasteiger partial charge in [0.15, 0.2) is 5.75 Å². The molecule has 0 aliphatic heterocycles. The van der Waals surface area contributed by atoms with E-state index in [1.54, 1.807) is 24.7 Å². The van der Waals surface area contributed by atoms with Crippen molar-refractivity contribution < 1.29 is 4.55 Å². The van der Waals surface area contributed by atoms with E-state index in [0.717, 1.165) is 5.69 Å². The van der Waals surface area contributed by atoms with Crippen LogP contribution in [-0.2, 0) is 16.9 Å². The molecule has 2 aromatic rings. The lowest BCUT2D eigenvalue weighted by molar-refractivity contribution is 0.584. The Morgan fingerprint density at radius 1 is 1.00 bits per heavy atom. The number of pyridine rings is 1. The second kappa shape index (κ2) is 6.42. The van der Waals surface area contributed by atoms with Crippen LogP contribution in [0.15, 0.2) is 48.0 Å². The molecule has 84 valence electrons. The molecule has 0 saturated carbocycles. The fourth-order valence-corrected chi connectivity index (χ4v) is 2.01. The third-order valence-electron chi connectivity index (χ3n) is 1.75. The van der Waals surface area contributed by atoms with E-state index in [9.17, 15) is 4.55 Å². The molecule has 0 radical (unpaired) electrons. The molecule has 0 aliphatic rings. The van der Waals surface area contributed by atoms with Gasteiger partial charge in [-0.1, -0.05) is 6.07 Å². The van der Waals surface area contributed by atoms with Crippen molar-refractivity contribution in [1.29, 1.82) is 0 Å². The molecule has 0 saturated heterocycles. The molecule has 2 heterocycles. The van der Waals surface area contributed by atoms with Crippen LogP contribution >= 0.6 is 12.4 Å². The van der Waals surface area contributed by atoms with Gasteiger partial charge in [0.25, 0.3) is 0 Å². The summed E-state index contributed by atoms with van der Waals surface area (Å²) >= 11 is -1.22. The van der Waals surface area contributed by atoms with Crippen LogP contribution in [0.5, 0.6) is 0 Å². The molecule has 0 N–H and O–H groups in total. The normalized spacial score (nSPS) is 11.6. The first-order valence-corrected chi connectivity index (χ1v) is 5.73. The predicted octanol–water partition coefficient (Wildman–Crippen LogP) is 1.60. The lowest BCUT2D eigenvalue weighted by Gasteiger charge is -2.06. The SMILES string of the molecule is Cl.[O-][S+](Cc1ccccn1)c1ncccn1. The zero-order valence-corrected chi connectivity index (χ0v) is 9.95. The molecule has 0 aromatic carbocycles. The highest BCUT2D eigenvalue weighted by Gasteiger charge is 2.14. The summed E-state index contributed by atoms with van der Waals surface area (Å²) in [5.74, 6) is 0.352. The van der Waals surface area contributed by atoms with Crippen LogP contribution in [0.25, 0.3) is 0 Å². The summed E-state index contributed by atoms with van der Waals surface area (Å²) in [6.07, 6.45) is 4.84. The third kappa shape index (κ3) is 3.44. The maximum absolute atomic E-state index is 11.8. The van der Waals surface area contributed by atoms with Crippen molar-refractivity contribution in [1.82, 2.24) is 15.0 Å². The molecule has 0 spiro atoms. The largest absolute Gasteiger partial charge is 0.609 e. The highest BCUT2D eigenvalue weighted by Crippen LogP contribution is 2.09. The van der Waals surface area contributed by atoms with E-state index in [2.05, 4.69) is 15.0 Å². The van der Waals surface area contributed by atoms with Crippen LogP contribution in [0.3, 0.4) is 0 Å². The van der Waals surface area contributed by atoms with E-state index in [4.69, 9.17) is 0 Å². The molecule has 4 nitrogen and oxygen atoms in total. The number of nitrogens with zero attached hydrogens (tertiary/aromatic N) is 3. The Bertz CT molecular complexity index is 415. The van der Waals surface area contributed by atoms with Gasteiger partial charge in [-0.25, -0.2) is 0 Å². The monoisotopic (exact) mass is 255 g/mol. The average molecular weight is 256 g/mol. The van der Waals surface area contributed by atoms with E-state index in [1.165, 1.54) is 0 Å². The van der Waals surface area contributed by atoms with Crippen LogP contribution in [-0.4, -0.2) is 19.5 Å². The second-order valence-corrected chi connectivity index (χ2v) is 4.19. The standard InChI is InChI=1S/C10H9N3OS.ClH/c14-15(10-12-6-3-7-13-10)8-9-4-1-2-5-11-9;/h1-7H,8H2;1H. The van der Waals surface area contributed by atoms with Crippen molar-refractivity contribution >= 4 is 23.6 Å². The van der Waals surface area contributed by atoms with E-state index in [-0.39, 0.29) is 12.4 Å². The van der Waals surface area contributed by atoms with Gasteiger partial charge in [-0.05, 0) is 18.2 Å². The second-order valence-electron chi connectivity index (χ2n) is 2.84. The van der Waals surface area contributed by atoms with Gasteiger partial charge in [-0.2, -0.15) is 9.97 Å². The summed E-state index contributed by atoms with van der Waals surface area (Å²) in [6.45, 7) is 0. The van der Waals surface area contributed by atoms with Crippen molar-refractivity contribution in [3.05, 3.63) is 48.5 Å². The quantitative estimate of drug-likeness (QED) is 0.617. The van der Waals surface area contributed by atoms with Gasteiger partial charge in [0, 0.05) is 29.8 Å². The molecular weight excluding hydrogens is 246 g/mol. The van der Waals surface area contributed by atoms with Gasteiger partial charge in [-0.3, -0.25) is 4.98 Å². The molecule has 16 heavy (non-hydrogen) atoms. The molecular formula is C10H10ClN3OS. The van der Waals surface area contributed by atoms with E-state index >= 15 is 0 Å². The van der Waals surface area contributed by atoms with Crippen LogP contribution in [0.4, 0.5) is 0 Å². The van der Waals surface area contributed by atoms with Gasteiger partial charge >= 0.3 is 5.16 Å². The fraction of sp³-hybridized carbons (Fsp3) is 0.100. The molecule has 0 bridgehead atoms. The first-order chi connectivity index (χ1) is 7.36. The number of hydrogen-bond donors (Lipinski definition) is 0. The zero-order valence-electron chi connectivity index (χ0n) is 8.31. The Balaban J connectivity index is 0.00000128. The van der Waals surface area contributed by atoms with Gasteiger partial charge in [0.1, 0.15) is 0 Å². The lowest BCUT2D eigenvalue weighted by Crippen LogP contribution is -2.09. The van der Waals surface area contributed by atoms with E-state index in [1.807, 2.05) is 18.2 Å². The molecule has 1 unspecified atom stereocenters. The molecule has 6 heteroatoms. The molecule has 2 aromatic heterocycles. The van der Waals surface area contributed by atoms with Gasteiger partial charge in [0.05, 0.1) is 5.69 Å². The number of halogens is 1. The molecule has 2 rings (SSSR count). The summed E-state index contributed by atoms with van der Waals surface area (Å²) < 4.78 is 11.8. The van der Waals surface area contributed by atoms with Crippen molar-refractivity contribution in [3.63, 3.8) is 0 Å². The van der Waals surface area contributed by atoms with Crippen LogP contribution in [0, 0.1) is 0 Å². The molecule has 0 amide bonds. The minimum atomic E-state index is -1.22. The Morgan fingerprint density at radius 2 is 1.69 bits per heavy atom. The van der Waals surface area contributed by atoms with Gasteiger partial charge in [-0.15, -0.1) is 12.4 Å². The predicted molar refractivity (Wildman–Crippen MR) is 63.6 cm³/mol. The number of hydrogen-bond acceptors (Lipinski definition) is 4. The van der Waals surface area contributed by atoms with Gasteiger partial charge < -0.3 is 4.55 Å². The zero-order chi connectivity index (χ0) is 10.5. The van der Waals surface area contributed by atoms with Crippen LogP contribution in [0.1, 0.15) is 5.69 Å². The topological polar surface area (TPSA) is 61.7 Å². The van der Waals surface area contributed by atoms with E-state index < -0.39 is 11.2 Å². The minimum Gasteiger partial charge on any atom is -0.609 e. The average Bonchev–Trinajstić information content (AvgIpc) is 2.31.